The van der Waals surface area contributed by atoms with Crippen LogP contribution in [0.15, 0.2) is 24.3 Å². The van der Waals surface area contributed by atoms with E-state index in [0.29, 0.717) is 6.79 Å². The van der Waals surface area contributed by atoms with Gasteiger partial charge in [-0.1, -0.05) is 19.1 Å². The number of rotatable bonds is 9. The highest BCUT2D eigenvalue weighted by Crippen LogP contribution is 2.28. The Morgan fingerprint density at radius 3 is 3.00 bits per heavy atom. The lowest BCUT2D eigenvalue weighted by molar-refractivity contribution is 0.00994. The maximum Gasteiger partial charge on any atom is 0.189 e. The van der Waals surface area contributed by atoms with Crippen molar-refractivity contribution >= 4 is 0 Å². The van der Waals surface area contributed by atoms with Crippen LogP contribution in [0.5, 0.6) is 5.75 Å². The molecule has 0 saturated heterocycles. The van der Waals surface area contributed by atoms with Crippen molar-refractivity contribution in [3.8, 4) is 5.75 Å². The van der Waals surface area contributed by atoms with Crippen LogP contribution in [0.25, 0.3) is 0 Å². The normalized spacial score (nSPS) is 14.7. The first-order valence-electron chi connectivity index (χ1n) is 6.88. The number of nitrogens with one attached hydrogen (secondary N) is 1. The fourth-order valence-corrected chi connectivity index (χ4v) is 1.76. The van der Waals surface area contributed by atoms with Crippen molar-refractivity contribution in [3.05, 3.63) is 29.8 Å². The van der Waals surface area contributed by atoms with Gasteiger partial charge in [-0.25, -0.2) is 0 Å². The molecule has 0 amide bonds. The molecule has 1 aliphatic rings. The lowest BCUT2D eigenvalue weighted by Crippen LogP contribution is -2.13. The van der Waals surface area contributed by atoms with Gasteiger partial charge in [0.15, 0.2) is 6.79 Å². The summed E-state index contributed by atoms with van der Waals surface area (Å²) in [5, 5.41) is 3.38. The van der Waals surface area contributed by atoms with Crippen LogP contribution in [0.2, 0.25) is 0 Å². The molecule has 0 aromatic heterocycles. The summed E-state index contributed by atoms with van der Waals surface area (Å²) in [6, 6.07) is 8.19. The standard InChI is InChI=1S/C15H23NO2/c1-2-8-16-10-14-4-3-5-15(9-14)18-12-17-11-13-6-7-13/h3-5,9,13,16H,2,6-8,10-12H2,1H3. The molecule has 1 aromatic carbocycles. The lowest BCUT2D eigenvalue weighted by Gasteiger charge is -2.09. The topological polar surface area (TPSA) is 30.5 Å². The van der Waals surface area contributed by atoms with Crippen molar-refractivity contribution < 1.29 is 9.47 Å². The molecule has 100 valence electrons. The molecule has 0 atom stereocenters. The Morgan fingerprint density at radius 1 is 1.33 bits per heavy atom. The van der Waals surface area contributed by atoms with Crippen molar-refractivity contribution in [1.29, 1.82) is 0 Å². The summed E-state index contributed by atoms with van der Waals surface area (Å²) >= 11 is 0. The molecule has 0 unspecified atom stereocenters. The van der Waals surface area contributed by atoms with E-state index in [1.54, 1.807) is 0 Å². The van der Waals surface area contributed by atoms with Gasteiger partial charge in [0.1, 0.15) is 5.75 Å². The monoisotopic (exact) mass is 249 g/mol. The van der Waals surface area contributed by atoms with Crippen molar-refractivity contribution in [3.63, 3.8) is 0 Å². The van der Waals surface area contributed by atoms with E-state index in [1.807, 2.05) is 12.1 Å². The van der Waals surface area contributed by atoms with Crippen LogP contribution >= 0.6 is 0 Å². The first-order chi connectivity index (χ1) is 8.88. The Hall–Kier alpha value is -1.06. The zero-order valence-corrected chi connectivity index (χ0v) is 11.2. The van der Waals surface area contributed by atoms with E-state index in [0.717, 1.165) is 37.8 Å². The summed E-state index contributed by atoms with van der Waals surface area (Å²) in [4.78, 5) is 0. The van der Waals surface area contributed by atoms with Crippen LogP contribution in [0.1, 0.15) is 31.7 Å². The van der Waals surface area contributed by atoms with Gasteiger partial charge >= 0.3 is 0 Å². The van der Waals surface area contributed by atoms with E-state index in [4.69, 9.17) is 9.47 Å². The molecule has 18 heavy (non-hydrogen) atoms. The van der Waals surface area contributed by atoms with Crippen LogP contribution < -0.4 is 10.1 Å². The number of benzene rings is 1. The summed E-state index contributed by atoms with van der Waals surface area (Å²) < 4.78 is 11.0. The lowest BCUT2D eigenvalue weighted by atomic mass is 10.2. The van der Waals surface area contributed by atoms with Crippen molar-refractivity contribution in [2.24, 2.45) is 5.92 Å². The molecule has 0 bridgehead atoms. The van der Waals surface area contributed by atoms with Gasteiger partial charge in [0.2, 0.25) is 0 Å². The average Bonchev–Trinajstić information content (AvgIpc) is 3.20. The molecule has 1 fully saturated rings. The highest BCUT2D eigenvalue weighted by molar-refractivity contribution is 5.28. The second-order valence-corrected chi connectivity index (χ2v) is 4.90. The third-order valence-electron chi connectivity index (χ3n) is 3.01. The van der Waals surface area contributed by atoms with E-state index < -0.39 is 0 Å². The fraction of sp³-hybridized carbons (Fsp3) is 0.600. The summed E-state index contributed by atoms with van der Waals surface area (Å²) in [5.74, 6) is 1.68. The van der Waals surface area contributed by atoms with Gasteiger partial charge in [-0.15, -0.1) is 0 Å². The zero-order valence-electron chi connectivity index (χ0n) is 11.2. The average molecular weight is 249 g/mol. The molecule has 0 heterocycles. The van der Waals surface area contributed by atoms with E-state index >= 15 is 0 Å². The van der Waals surface area contributed by atoms with Crippen molar-refractivity contribution in [2.45, 2.75) is 32.7 Å². The maximum atomic E-state index is 5.58. The van der Waals surface area contributed by atoms with Gasteiger partial charge in [-0.05, 0) is 49.4 Å². The van der Waals surface area contributed by atoms with Crippen LogP contribution in [-0.2, 0) is 11.3 Å². The maximum absolute atomic E-state index is 5.58. The highest BCUT2D eigenvalue weighted by atomic mass is 16.7. The molecule has 1 aliphatic carbocycles. The number of hydrogen-bond donors (Lipinski definition) is 1. The van der Waals surface area contributed by atoms with Gasteiger partial charge < -0.3 is 14.8 Å². The van der Waals surface area contributed by atoms with Crippen LogP contribution in [0.4, 0.5) is 0 Å². The van der Waals surface area contributed by atoms with E-state index in [1.165, 1.54) is 18.4 Å². The molecule has 1 saturated carbocycles. The molecule has 0 aliphatic heterocycles. The molecule has 3 heteroatoms. The summed E-state index contributed by atoms with van der Waals surface area (Å²) in [6.07, 6.45) is 3.79. The minimum Gasteiger partial charge on any atom is -0.468 e. The summed E-state index contributed by atoms with van der Waals surface area (Å²) in [6.45, 7) is 5.33. The van der Waals surface area contributed by atoms with Gasteiger partial charge in [-0.2, -0.15) is 0 Å². The number of hydrogen-bond acceptors (Lipinski definition) is 3. The Labute approximate surface area is 109 Å². The van der Waals surface area contributed by atoms with E-state index in [9.17, 15) is 0 Å². The first-order valence-corrected chi connectivity index (χ1v) is 6.88. The Morgan fingerprint density at radius 2 is 2.22 bits per heavy atom. The molecule has 3 nitrogen and oxygen atoms in total. The quantitative estimate of drug-likeness (QED) is 0.539. The summed E-state index contributed by atoms with van der Waals surface area (Å²) in [7, 11) is 0. The third-order valence-corrected chi connectivity index (χ3v) is 3.01. The van der Waals surface area contributed by atoms with Crippen molar-refractivity contribution in [1.82, 2.24) is 5.32 Å². The van der Waals surface area contributed by atoms with E-state index in [-0.39, 0.29) is 0 Å². The SMILES string of the molecule is CCCNCc1cccc(OCOCC2CC2)c1. The molecule has 1 N–H and O–H groups in total. The van der Waals surface area contributed by atoms with Crippen molar-refractivity contribution in [2.75, 3.05) is 19.9 Å². The Bertz CT molecular complexity index is 350. The van der Waals surface area contributed by atoms with Gasteiger partial charge in [0, 0.05) is 6.54 Å². The Kier molecular flexibility index (Phi) is 5.49. The minimum atomic E-state index is 0.363. The highest BCUT2D eigenvalue weighted by Gasteiger charge is 2.21. The smallest absolute Gasteiger partial charge is 0.189 e. The predicted octanol–water partition coefficient (Wildman–Crippen LogP) is 2.95. The first kappa shape index (κ1) is 13.4. The third kappa shape index (κ3) is 5.07. The minimum absolute atomic E-state index is 0.363. The molecule has 2 rings (SSSR count). The molecule has 1 aromatic rings. The molecule has 0 spiro atoms. The fourth-order valence-electron chi connectivity index (χ4n) is 1.76. The van der Waals surface area contributed by atoms with Gasteiger partial charge in [0.05, 0.1) is 6.61 Å². The largest absolute Gasteiger partial charge is 0.468 e. The summed E-state index contributed by atoms with van der Waals surface area (Å²) in [5.41, 5.74) is 1.25. The van der Waals surface area contributed by atoms with Gasteiger partial charge in [0.25, 0.3) is 0 Å². The number of ether oxygens (including phenoxy) is 2. The Balaban J connectivity index is 1.68. The molecular formula is C15H23NO2. The molecular weight excluding hydrogens is 226 g/mol. The van der Waals surface area contributed by atoms with Gasteiger partial charge in [-0.3, -0.25) is 0 Å². The predicted molar refractivity (Wildman–Crippen MR) is 72.6 cm³/mol. The second-order valence-electron chi connectivity index (χ2n) is 4.90. The van der Waals surface area contributed by atoms with Crippen LogP contribution in [-0.4, -0.2) is 19.9 Å². The molecule has 0 radical (unpaired) electrons. The zero-order chi connectivity index (χ0) is 12.6. The van der Waals surface area contributed by atoms with Crippen LogP contribution in [0, 0.1) is 5.92 Å². The van der Waals surface area contributed by atoms with E-state index in [2.05, 4.69) is 24.4 Å². The van der Waals surface area contributed by atoms with Crippen LogP contribution in [0.3, 0.4) is 0 Å². The second kappa shape index (κ2) is 7.39.